The lowest BCUT2D eigenvalue weighted by molar-refractivity contribution is -0.137. The average Bonchev–Trinajstić information content (AvgIpc) is 3.23. The summed E-state index contributed by atoms with van der Waals surface area (Å²) >= 11 is 12.6. The van der Waals surface area contributed by atoms with Gasteiger partial charge in [0.1, 0.15) is 11.5 Å². The average molecular weight is 492 g/mol. The van der Waals surface area contributed by atoms with Gasteiger partial charge in [0.15, 0.2) is 0 Å². The third-order valence-corrected chi connectivity index (χ3v) is 7.63. The minimum absolute atomic E-state index is 0.0444. The Morgan fingerprint density at radius 3 is 2.60 bits per heavy atom. The summed E-state index contributed by atoms with van der Waals surface area (Å²) in [4.78, 5) is 24.3. The highest BCUT2D eigenvalue weighted by Crippen LogP contribution is 2.39. The van der Waals surface area contributed by atoms with Gasteiger partial charge in [-0.15, -0.1) is 0 Å². The molecule has 0 bridgehead atoms. The maximum atomic E-state index is 12.6. The first-order chi connectivity index (χ1) is 14.1. The maximum absolute atomic E-state index is 12.6. The fourth-order valence-electron chi connectivity index (χ4n) is 2.75. The number of carboxylic acids is 1. The first kappa shape index (κ1) is 22.7. The van der Waals surface area contributed by atoms with Gasteiger partial charge in [0.25, 0.3) is 16.0 Å². The number of benzene rings is 1. The second-order valence-corrected chi connectivity index (χ2v) is 9.99. The third kappa shape index (κ3) is 5.19. The largest absolute Gasteiger partial charge is 0.481 e. The highest BCUT2D eigenvalue weighted by Gasteiger charge is 2.43. The van der Waals surface area contributed by atoms with E-state index in [4.69, 9.17) is 32.7 Å². The minimum atomic E-state index is -4.59. The fourth-order valence-corrected chi connectivity index (χ4v) is 5.32. The molecule has 1 aromatic heterocycles. The van der Waals surface area contributed by atoms with E-state index in [0.717, 1.165) is 4.90 Å². The normalized spacial score (nSPS) is 18.4. The number of halogens is 2. The fraction of sp³-hybridized carbons (Fsp3) is 0.222. The van der Waals surface area contributed by atoms with Crippen LogP contribution in [0.4, 0.5) is 0 Å². The van der Waals surface area contributed by atoms with Crippen molar-refractivity contribution in [2.45, 2.75) is 17.5 Å². The van der Waals surface area contributed by atoms with Crippen molar-refractivity contribution in [1.82, 2.24) is 4.90 Å². The van der Waals surface area contributed by atoms with Crippen molar-refractivity contribution in [3.8, 4) is 11.3 Å². The Balaban J connectivity index is 1.84. The second kappa shape index (κ2) is 9.03. The number of carbonyl (C=O) groups excluding carboxylic acids is 1. The Labute approximate surface area is 186 Å². The van der Waals surface area contributed by atoms with Gasteiger partial charge >= 0.3 is 5.97 Å². The van der Waals surface area contributed by atoms with Crippen LogP contribution in [-0.4, -0.2) is 46.1 Å². The number of rotatable bonds is 7. The van der Waals surface area contributed by atoms with E-state index in [1.807, 2.05) is 0 Å². The van der Waals surface area contributed by atoms with Gasteiger partial charge in [0.05, 0.1) is 15.0 Å². The molecule has 1 saturated heterocycles. The number of furan rings is 1. The predicted octanol–water partition coefficient (Wildman–Crippen LogP) is 4.21. The number of hydrogen-bond donors (Lipinski definition) is 2. The first-order valence-electron chi connectivity index (χ1n) is 8.49. The molecule has 1 aliphatic rings. The van der Waals surface area contributed by atoms with E-state index < -0.39 is 26.7 Å². The molecule has 30 heavy (non-hydrogen) atoms. The summed E-state index contributed by atoms with van der Waals surface area (Å²) < 4.78 is 37.0. The number of thioether (sulfide) groups is 1. The van der Waals surface area contributed by atoms with Gasteiger partial charge < -0.3 is 14.4 Å². The molecule has 1 fully saturated rings. The molecule has 2 heterocycles. The summed E-state index contributed by atoms with van der Waals surface area (Å²) in [5, 5.41) is 9.48. The lowest BCUT2D eigenvalue weighted by Crippen LogP contribution is -2.38. The topological polar surface area (TPSA) is 125 Å². The van der Waals surface area contributed by atoms with E-state index in [2.05, 4.69) is 0 Å². The van der Waals surface area contributed by atoms with Crippen molar-refractivity contribution in [2.75, 3.05) is 6.54 Å². The minimum Gasteiger partial charge on any atom is -0.481 e. The van der Waals surface area contributed by atoms with E-state index in [0.29, 0.717) is 33.1 Å². The highest BCUT2D eigenvalue weighted by atomic mass is 35.5. The molecule has 2 aromatic rings. The zero-order valence-electron chi connectivity index (χ0n) is 15.1. The van der Waals surface area contributed by atoms with Crippen LogP contribution < -0.4 is 0 Å². The Kier molecular flexibility index (Phi) is 6.83. The lowest BCUT2D eigenvalue weighted by Gasteiger charge is -2.20. The van der Waals surface area contributed by atoms with Crippen molar-refractivity contribution < 1.29 is 32.1 Å². The van der Waals surface area contributed by atoms with E-state index in [-0.39, 0.29) is 30.1 Å². The molecule has 1 unspecified atom stereocenters. The van der Waals surface area contributed by atoms with Crippen LogP contribution in [0.15, 0.2) is 39.7 Å². The third-order valence-electron chi connectivity index (χ3n) is 4.10. The number of carboxylic acid groups (broad SMARTS) is 1. The summed E-state index contributed by atoms with van der Waals surface area (Å²) in [6.07, 6.45) is 1.17. The van der Waals surface area contributed by atoms with Gasteiger partial charge in [-0.25, -0.2) is 0 Å². The smallest absolute Gasteiger partial charge is 0.303 e. The molecule has 8 nitrogen and oxygen atoms in total. The van der Waals surface area contributed by atoms with Crippen LogP contribution in [0.25, 0.3) is 17.4 Å². The molecule has 0 radical (unpaired) electrons. The molecular weight excluding hydrogens is 477 g/mol. The molecule has 1 aromatic carbocycles. The molecule has 3 rings (SSSR count). The van der Waals surface area contributed by atoms with Crippen LogP contribution in [0.2, 0.25) is 10.0 Å². The second-order valence-electron chi connectivity index (χ2n) is 6.28. The molecule has 12 heteroatoms. The predicted molar refractivity (Wildman–Crippen MR) is 114 cm³/mol. The lowest BCUT2D eigenvalue weighted by atomic mass is 10.2. The molecule has 1 amide bonds. The van der Waals surface area contributed by atoms with Crippen LogP contribution in [0.3, 0.4) is 0 Å². The van der Waals surface area contributed by atoms with Crippen LogP contribution in [-0.2, 0) is 19.7 Å². The van der Waals surface area contributed by atoms with E-state index in [1.165, 1.54) is 6.08 Å². The summed E-state index contributed by atoms with van der Waals surface area (Å²) in [5.74, 6) is -0.965. The SMILES string of the molecule is O=C(O)CCCN1C(=O)C(=Cc2ccc(-c3ccc(Cl)c(Cl)c3)o2)SC1S(=O)(=O)O. The van der Waals surface area contributed by atoms with Crippen molar-refractivity contribution in [2.24, 2.45) is 0 Å². The van der Waals surface area contributed by atoms with Crippen LogP contribution in [0.5, 0.6) is 0 Å². The number of amides is 1. The van der Waals surface area contributed by atoms with Gasteiger partial charge in [-0.3, -0.25) is 14.1 Å². The van der Waals surface area contributed by atoms with E-state index in [1.54, 1.807) is 30.3 Å². The molecule has 0 saturated carbocycles. The van der Waals surface area contributed by atoms with Crippen molar-refractivity contribution >= 4 is 63.0 Å². The van der Waals surface area contributed by atoms with E-state index >= 15 is 0 Å². The van der Waals surface area contributed by atoms with Crippen molar-refractivity contribution in [3.63, 3.8) is 0 Å². The maximum Gasteiger partial charge on any atom is 0.303 e. The molecule has 0 spiro atoms. The Morgan fingerprint density at radius 1 is 1.23 bits per heavy atom. The Morgan fingerprint density at radius 2 is 1.97 bits per heavy atom. The molecule has 1 aliphatic heterocycles. The summed E-state index contributed by atoms with van der Waals surface area (Å²) in [5.41, 5.74) is 0.658. The summed E-state index contributed by atoms with van der Waals surface area (Å²) in [6.45, 7) is -0.132. The molecule has 160 valence electrons. The van der Waals surface area contributed by atoms with Gasteiger partial charge in [-0.05, 0) is 36.8 Å². The van der Waals surface area contributed by atoms with Gasteiger partial charge in [-0.1, -0.05) is 35.0 Å². The number of hydrogen-bond acceptors (Lipinski definition) is 6. The number of nitrogens with zero attached hydrogens (tertiary/aromatic N) is 1. The number of carbonyl (C=O) groups is 2. The van der Waals surface area contributed by atoms with Crippen molar-refractivity contribution in [3.05, 3.63) is 51.0 Å². The quantitative estimate of drug-likeness (QED) is 0.435. The number of aliphatic carboxylic acids is 1. The monoisotopic (exact) mass is 491 g/mol. The van der Waals surface area contributed by atoms with Crippen LogP contribution >= 0.6 is 35.0 Å². The summed E-state index contributed by atoms with van der Waals surface area (Å²) in [7, 11) is -4.59. The highest BCUT2D eigenvalue weighted by molar-refractivity contribution is 8.15. The molecular formula is C18H15Cl2NO7S2. The molecule has 0 aliphatic carbocycles. The Bertz CT molecular complexity index is 1130. The van der Waals surface area contributed by atoms with Gasteiger partial charge in [0.2, 0.25) is 4.71 Å². The Hall–Kier alpha value is -1.98. The summed E-state index contributed by atoms with van der Waals surface area (Å²) in [6, 6.07) is 8.18. The zero-order chi connectivity index (χ0) is 22.1. The van der Waals surface area contributed by atoms with E-state index in [9.17, 15) is 22.6 Å². The van der Waals surface area contributed by atoms with Crippen LogP contribution in [0.1, 0.15) is 18.6 Å². The van der Waals surface area contributed by atoms with Gasteiger partial charge in [0, 0.05) is 24.6 Å². The van der Waals surface area contributed by atoms with Gasteiger partial charge in [-0.2, -0.15) is 8.42 Å². The van der Waals surface area contributed by atoms with Crippen molar-refractivity contribution in [1.29, 1.82) is 0 Å². The molecule has 1 atom stereocenters. The standard InChI is InChI=1S/C18H15Cl2NO7S2/c19-12-5-3-10(8-13(12)20)14-6-4-11(28-14)9-15-17(24)21(7-1-2-16(22)23)18(29-15)30(25,26)27/h3-6,8-9,18H,1-2,7H2,(H,22,23)(H,25,26,27). The first-order valence-corrected chi connectivity index (χ1v) is 11.6. The molecule has 2 N–H and O–H groups in total. The van der Waals surface area contributed by atoms with Crippen LogP contribution in [0, 0.1) is 0 Å². The zero-order valence-corrected chi connectivity index (χ0v) is 18.3.